The van der Waals surface area contributed by atoms with Gasteiger partial charge in [-0.2, -0.15) is 0 Å². The van der Waals surface area contributed by atoms with E-state index in [1.165, 1.54) is 23.5 Å². The summed E-state index contributed by atoms with van der Waals surface area (Å²) in [4.78, 5) is 19.5. The molecule has 1 aliphatic rings. The van der Waals surface area contributed by atoms with Crippen LogP contribution in [0.5, 0.6) is 5.19 Å². The van der Waals surface area contributed by atoms with Gasteiger partial charge in [-0.1, -0.05) is 46.3 Å². The van der Waals surface area contributed by atoms with Crippen molar-refractivity contribution in [2.75, 3.05) is 13.1 Å². The molecule has 2 aromatic carbocycles. The van der Waals surface area contributed by atoms with E-state index >= 15 is 0 Å². The highest BCUT2D eigenvalue weighted by molar-refractivity contribution is 7.20. The number of likely N-dealkylation sites (tertiary alicyclic amines) is 1. The molecule has 3 heterocycles. The normalized spacial score (nSPS) is 14.8. The lowest BCUT2D eigenvalue weighted by Crippen LogP contribution is -2.42. The predicted octanol–water partition coefficient (Wildman–Crippen LogP) is 5.74. The first-order chi connectivity index (χ1) is 15.5. The van der Waals surface area contributed by atoms with Gasteiger partial charge in [0.2, 0.25) is 0 Å². The van der Waals surface area contributed by atoms with Gasteiger partial charge in [0.15, 0.2) is 0 Å². The van der Waals surface area contributed by atoms with Crippen LogP contribution in [0.4, 0.5) is 4.39 Å². The molecule has 5 rings (SSSR count). The second kappa shape index (κ2) is 8.52. The largest absolute Gasteiger partial charge is 0.467 e. The molecule has 0 atom stereocenters. The first-order valence-corrected chi connectivity index (χ1v) is 11.4. The van der Waals surface area contributed by atoms with Gasteiger partial charge in [0.25, 0.3) is 11.1 Å². The molecule has 0 radical (unpaired) electrons. The summed E-state index contributed by atoms with van der Waals surface area (Å²) in [5.41, 5.74) is 2.28. The smallest absolute Gasteiger partial charge is 0.274 e. The number of carbonyl (C=O) groups excluding carboxylic acids is 1. The topological polar surface area (TPSA) is 68.5 Å². The van der Waals surface area contributed by atoms with E-state index in [0.717, 1.165) is 4.70 Å². The molecule has 1 aliphatic heterocycles. The van der Waals surface area contributed by atoms with E-state index in [0.29, 0.717) is 64.2 Å². The minimum absolute atomic E-state index is 0.0592. The fourth-order valence-corrected chi connectivity index (χ4v) is 5.00. The molecular weight excluding hydrogens is 453 g/mol. The van der Waals surface area contributed by atoms with Crippen LogP contribution in [0.2, 0.25) is 5.02 Å². The Bertz CT molecular complexity index is 1300. The highest BCUT2D eigenvalue weighted by Gasteiger charge is 2.30. The lowest BCUT2D eigenvalue weighted by molar-refractivity contribution is 0.0594. The van der Waals surface area contributed by atoms with Crippen molar-refractivity contribution < 1.29 is 18.4 Å². The van der Waals surface area contributed by atoms with Crippen molar-refractivity contribution in [2.24, 2.45) is 0 Å². The summed E-state index contributed by atoms with van der Waals surface area (Å²) in [6.45, 7) is 2.80. The molecule has 0 unspecified atom stereocenters. The van der Waals surface area contributed by atoms with Gasteiger partial charge in [0.05, 0.1) is 15.2 Å². The van der Waals surface area contributed by atoms with Crippen molar-refractivity contribution in [2.45, 2.75) is 25.9 Å². The third-order valence-corrected chi connectivity index (χ3v) is 6.77. The number of nitrogens with zero attached hydrogens (tertiary/aromatic N) is 3. The number of ether oxygens (including phenoxy) is 1. The molecule has 0 N–H and O–H groups in total. The Morgan fingerprint density at radius 1 is 1.25 bits per heavy atom. The third-order valence-electron chi connectivity index (χ3n) is 5.53. The maximum absolute atomic E-state index is 13.4. The van der Waals surface area contributed by atoms with Crippen LogP contribution in [0.3, 0.4) is 0 Å². The van der Waals surface area contributed by atoms with Gasteiger partial charge >= 0.3 is 0 Å². The number of aryl methyl sites for hydroxylation is 1. The second-order valence-electron chi connectivity index (χ2n) is 7.64. The third kappa shape index (κ3) is 3.96. The van der Waals surface area contributed by atoms with Crippen molar-refractivity contribution in [3.8, 4) is 16.5 Å². The lowest BCUT2D eigenvalue weighted by Gasteiger charge is -2.31. The zero-order chi connectivity index (χ0) is 22.2. The van der Waals surface area contributed by atoms with Crippen LogP contribution in [0.1, 0.15) is 29.0 Å². The van der Waals surface area contributed by atoms with E-state index in [1.807, 2.05) is 18.2 Å². The summed E-state index contributed by atoms with van der Waals surface area (Å²) < 4.78 is 25.5. The van der Waals surface area contributed by atoms with E-state index < -0.39 is 0 Å². The van der Waals surface area contributed by atoms with Gasteiger partial charge in [-0.25, -0.2) is 9.37 Å². The molecule has 0 saturated carbocycles. The zero-order valence-electron chi connectivity index (χ0n) is 17.2. The molecular formula is C23H19ClFN3O3S. The van der Waals surface area contributed by atoms with Crippen molar-refractivity contribution in [1.82, 2.24) is 15.0 Å². The quantitative estimate of drug-likeness (QED) is 0.380. The lowest BCUT2D eigenvalue weighted by atomic mass is 10.0. The summed E-state index contributed by atoms with van der Waals surface area (Å²) in [5, 5.41) is 5.13. The molecule has 0 bridgehead atoms. The van der Waals surface area contributed by atoms with Crippen LogP contribution < -0.4 is 4.74 Å². The zero-order valence-corrected chi connectivity index (χ0v) is 18.8. The van der Waals surface area contributed by atoms with E-state index in [4.69, 9.17) is 20.9 Å². The van der Waals surface area contributed by atoms with Crippen molar-refractivity contribution in [3.63, 3.8) is 0 Å². The Morgan fingerprint density at radius 3 is 2.81 bits per heavy atom. The second-order valence-corrected chi connectivity index (χ2v) is 9.04. The number of thiazole rings is 1. The number of hydrogen-bond acceptors (Lipinski definition) is 6. The molecule has 9 heteroatoms. The van der Waals surface area contributed by atoms with E-state index in [-0.39, 0.29) is 17.8 Å². The van der Waals surface area contributed by atoms with Gasteiger partial charge in [0.1, 0.15) is 28.9 Å². The van der Waals surface area contributed by atoms with Gasteiger partial charge in [0, 0.05) is 31.5 Å². The Morgan fingerprint density at radius 2 is 2.03 bits per heavy atom. The number of carbonyl (C=O) groups is 1. The van der Waals surface area contributed by atoms with Crippen LogP contribution in [0.25, 0.3) is 21.5 Å². The number of hydrogen-bond donors (Lipinski definition) is 0. The highest BCUT2D eigenvalue weighted by atomic mass is 35.5. The fourth-order valence-electron chi connectivity index (χ4n) is 3.87. The molecule has 2 aromatic heterocycles. The molecule has 4 aromatic rings. The number of halogens is 2. The Labute approximate surface area is 192 Å². The van der Waals surface area contributed by atoms with Crippen molar-refractivity contribution in [3.05, 3.63) is 64.6 Å². The maximum atomic E-state index is 13.4. The monoisotopic (exact) mass is 471 g/mol. The maximum Gasteiger partial charge on any atom is 0.274 e. The van der Waals surface area contributed by atoms with E-state index in [2.05, 4.69) is 10.1 Å². The van der Waals surface area contributed by atoms with Gasteiger partial charge in [-0.05, 0) is 31.2 Å². The highest BCUT2D eigenvalue weighted by Crippen LogP contribution is 2.33. The molecule has 0 spiro atoms. The number of amides is 1. The number of benzene rings is 2. The van der Waals surface area contributed by atoms with Gasteiger partial charge < -0.3 is 14.2 Å². The standard InChI is InChI=1S/C23H19ClFN3O3S/c1-13-20(21(27-31-13)16-4-2-3-5-17(16)24)22(29)28-10-8-15(9-11-28)30-23-26-18-7-6-14(25)12-19(18)32-23/h2-7,12,15H,8-11H2,1H3. The molecule has 164 valence electrons. The average Bonchev–Trinajstić information content (AvgIpc) is 3.36. The number of rotatable bonds is 4. The summed E-state index contributed by atoms with van der Waals surface area (Å²) in [5.74, 6) is 0.0392. The van der Waals surface area contributed by atoms with Crippen LogP contribution in [-0.2, 0) is 0 Å². The van der Waals surface area contributed by atoms with E-state index in [9.17, 15) is 9.18 Å². The number of aromatic nitrogens is 2. The molecule has 1 fully saturated rings. The number of piperidine rings is 1. The van der Waals surface area contributed by atoms with Gasteiger partial charge in [-0.3, -0.25) is 4.79 Å². The fraction of sp³-hybridized carbons (Fsp3) is 0.261. The molecule has 32 heavy (non-hydrogen) atoms. The predicted molar refractivity (Wildman–Crippen MR) is 121 cm³/mol. The summed E-state index contributed by atoms with van der Waals surface area (Å²) in [6.07, 6.45) is 1.28. The Balaban J connectivity index is 1.28. The SMILES string of the molecule is Cc1onc(-c2ccccc2Cl)c1C(=O)N1CCC(Oc2nc3ccc(F)cc3s2)CC1. The molecule has 6 nitrogen and oxygen atoms in total. The first-order valence-electron chi connectivity index (χ1n) is 10.2. The van der Waals surface area contributed by atoms with Gasteiger partial charge in [-0.15, -0.1) is 0 Å². The Hall–Kier alpha value is -2.97. The van der Waals surface area contributed by atoms with Crippen molar-refractivity contribution >= 4 is 39.1 Å². The van der Waals surface area contributed by atoms with Crippen LogP contribution in [0, 0.1) is 12.7 Å². The van der Waals surface area contributed by atoms with Crippen LogP contribution in [-0.4, -0.2) is 40.1 Å². The Kier molecular flexibility index (Phi) is 5.57. The minimum Gasteiger partial charge on any atom is -0.467 e. The number of fused-ring (bicyclic) bond motifs is 1. The van der Waals surface area contributed by atoms with Crippen LogP contribution >= 0.6 is 22.9 Å². The molecule has 0 aliphatic carbocycles. The van der Waals surface area contributed by atoms with Crippen molar-refractivity contribution in [1.29, 1.82) is 0 Å². The molecule has 1 amide bonds. The summed E-state index contributed by atoms with van der Waals surface area (Å²) in [7, 11) is 0. The minimum atomic E-state index is -0.292. The molecule has 1 saturated heterocycles. The average molecular weight is 472 g/mol. The first kappa shape index (κ1) is 20.9. The summed E-state index contributed by atoms with van der Waals surface area (Å²) >= 11 is 7.64. The summed E-state index contributed by atoms with van der Waals surface area (Å²) in [6, 6.07) is 11.7. The van der Waals surface area contributed by atoms with Crippen LogP contribution in [0.15, 0.2) is 47.0 Å². The van der Waals surface area contributed by atoms with E-state index in [1.54, 1.807) is 24.0 Å².